The van der Waals surface area contributed by atoms with Crippen LogP contribution < -0.4 is 10.6 Å². The molecule has 2 amide bonds. The molecule has 1 atom stereocenters. The average Bonchev–Trinajstić information content (AvgIpc) is 2.57. The molecule has 0 bridgehead atoms. The van der Waals surface area contributed by atoms with Crippen molar-refractivity contribution in [2.45, 2.75) is 51.1 Å². The second-order valence-corrected chi connectivity index (χ2v) is 6.93. The monoisotopic (exact) mass is 351 g/mol. The van der Waals surface area contributed by atoms with Gasteiger partial charge in [-0.05, 0) is 51.1 Å². The number of hydrogen-bond acceptors (Lipinski definition) is 3. The van der Waals surface area contributed by atoms with Crippen LogP contribution in [-0.4, -0.2) is 42.4 Å². The lowest BCUT2D eigenvalue weighted by atomic mass is 9.95. The summed E-state index contributed by atoms with van der Waals surface area (Å²) < 4.78 is 0. The molecule has 132 valence electrons. The summed E-state index contributed by atoms with van der Waals surface area (Å²) in [6.07, 6.45) is 5.72. The number of amides is 2. The van der Waals surface area contributed by atoms with E-state index in [0.29, 0.717) is 10.7 Å². The maximum Gasteiger partial charge on any atom is 0.238 e. The quantitative estimate of drug-likeness (QED) is 0.828. The van der Waals surface area contributed by atoms with Gasteiger partial charge in [0.1, 0.15) is 0 Å². The Morgan fingerprint density at radius 1 is 1.21 bits per heavy atom. The summed E-state index contributed by atoms with van der Waals surface area (Å²) in [4.78, 5) is 26.2. The molecular weight excluding hydrogens is 326 g/mol. The largest absolute Gasteiger partial charge is 0.352 e. The van der Waals surface area contributed by atoms with Gasteiger partial charge in [0.25, 0.3) is 0 Å². The first-order valence-electron chi connectivity index (χ1n) is 8.51. The number of carbonyl (C=O) groups excluding carboxylic acids is 2. The van der Waals surface area contributed by atoms with Gasteiger partial charge < -0.3 is 10.6 Å². The molecule has 0 heterocycles. The first-order chi connectivity index (χ1) is 11.5. The normalized spacial score (nSPS) is 16.7. The van der Waals surface area contributed by atoms with Gasteiger partial charge >= 0.3 is 0 Å². The van der Waals surface area contributed by atoms with Crippen molar-refractivity contribution in [3.63, 3.8) is 0 Å². The van der Waals surface area contributed by atoms with Gasteiger partial charge in [-0.25, -0.2) is 0 Å². The molecule has 1 aliphatic rings. The minimum Gasteiger partial charge on any atom is -0.352 e. The van der Waals surface area contributed by atoms with Crippen LogP contribution in [0.5, 0.6) is 0 Å². The van der Waals surface area contributed by atoms with Crippen molar-refractivity contribution in [3.05, 3.63) is 29.3 Å². The van der Waals surface area contributed by atoms with Gasteiger partial charge in [-0.15, -0.1) is 0 Å². The van der Waals surface area contributed by atoms with Crippen LogP contribution in [0.3, 0.4) is 0 Å². The highest BCUT2D eigenvalue weighted by Crippen LogP contribution is 2.17. The molecule has 1 fully saturated rings. The zero-order chi connectivity index (χ0) is 17.5. The smallest absolute Gasteiger partial charge is 0.238 e. The minimum absolute atomic E-state index is 0.0105. The van der Waals surface area contributed by atoms with Gasteiger partial charge in [-0.2, -0.15) is 0 Å². The van der Waals surface area contributed by atoms with Gasteiger partial charge in [0, 0.05) is 16.8 Å². The van der Waals surface area contributed by atoms with E-state index in [0.717, 1.165) is 12.8 Å². The van der Waals surface area contributed by atoms with Crippen LogP contribution in [0.15, 0.2) is 24.3 Å². The topological polar surface area (TPSA) is 61.4 Å². The van der Waals surface area contributed by atoms with Gasteiger partial charge in [0.2, 0.25) is 11.8 Å². The number of halogens is 1. The van der Waals surface area contributed by atoms with Crippen LogP contribution in [0.25, 0.3) is 0 Å². The number of rotatable bonds is 6. The average molecular weight is 352 g/mol. The van der Waals surface area contributed by atoms with Crippen LogP contribution in [-0.2, 0) is 9.59 Å². The van der Waals surface area contributed by atoms with E-state index in [4.69, 9.17) is 11.6 Å². The molecule has 5 nitrogen and oxygen atoms in total. The van der Waals surface area contributed by atoms with E-state index in [1.807, 2.05) is 6.92 Å². The Bertz CT molecular complexity index is 556. The molecule has 2 rings (SSSR count). The fraction of sp³-hybridized carbons (Fsp3) is 0.556. The lowest BCUT2D eigenvalue weighted by Crippen LogP contribution is -2.49. The molecule has 6 heteroatoms. The van der Waals surface area contributed by atoms with Crippen molar-refractivity contribution >= 4 is 29.1 Å². The molecule has 1 aromatic carbocycles. The third-order valence-electron chi connectivity index (χ3n) is 4.51. The molecule has 1 aliphatic carbocycles. The first kappa shape index (κ1) is 18.7. The maximum atomic E-state index is 12.3. The number of nitrogens with one attached hydrogen (secondary N) is 2. The predicted molar refractivity (Wildman–Crippen MR) is 97.2 cm³/mol. The Labute approximate surface area is 148 Å². The second kappa shape index (κ2) is 9.04. The van der Waals surface area contributed by atoms with Crippen LogP contribution in [0, 0.1) is 0 Å². The van der Waals surface area contributed by atoms with Crippen LogP contribution in [0.1, 0.15) is 39.0 Å². The number of nitrogens with zero attached hydrogens (tertiary/aromatic N) is 1. The molecule has 0 radical (unpaired) electrons. The Balaban J connectivity index is 1.79. The Morgan fingerprint density at radius 2 is 1.83 bits per heavy atom. The summed E-state index contributed by atoms with van der Waals surface area (Å²) in [6.45, 7) is 1.98. The molecule has 1 unspecified atom stereocenters. The van der Waals surface area contributed by atoms with Gasteiger partial charge in [-0.1, -0.05) is 30.9 Å². The highest BCUT2D eigenvalue weighted by Gasteiger charge is 2.23. The number of benzene rings is 1. The molecule has 2 N–H and O–H groups in total. The van der Waals surface area contributed by atoms with Crippen LogP contribution in [0.4, 0.5) is 5.69 Å². The number of anilines is 1. The van der Waals surface area contributed by atoms with E-state index in [1.54, 1.807) is 36.2 Å². The van der Waals surface area contributed by atoms with E-state index in [2.05, 4.69) is 10.6 Å². The van der Waals surface area contributed by atoms with Crippen LogP contribution >= 0.6 is 11.6 Å². The third kappa shape index (κ3) is 5.80. The SMILES string of the molecule is CC(C(=O)NC1CCCCC1)N(C)CC(=O)Nc1ccc(Cl)cc1. The van der Waals surface area contributed by atoms with Gasteiger partial charge in [0.05, 0.1) is 12.6 Å². The fourth-order valence-electron chi connectivity index (χ4n) is 2.87. The van der Waals surface area contributed by atoms with Crippen molar-refractivity contribution in [3.8, 4) is 0 Å². The summed E-state index contributed by atoms with van der Waals surface area (Å²) in [5, 5.41) is 6.53. The Morgan fingerprint density at radius 3 is 2.46 bits per heavy atom. The summed E-state index contributed by atoms with van der Waals surface area (Å²) in [6, 6.07) is 6.88. The summed E-state index contributed by atoms with van der Waals surface area (Å²) in [5.41, 5.74) is 0.692. The molecule has 1 saturated carbocycles. The van der Waals surface area contributed by atoms with Gasteiger partial charge in [-0.3, -0.25) is 14.5 Å². The lowest BCUT2D eigenvalue weighted by molar-refractivity contribution is -0.127. The zero-order valence-corrected chi connectivity index (χ0v) is 15.1. The molecular formula is C18H26ClN3O2. The van der Waals surface area contributed by atoms with E-state index in [-0.39, 0.29) is 30.4 Å². The highest BCUT2D eigenvalue weighted by molar-refractivity contribution is 6.30. The molecule has 24 heavy (non-hydrogen) atoms. The molecule has 0 saturated heterocycles. The van der Waals surface area contributed by atoms with Gasteiger partial charge in [0.15, 0.2) is 0 Å². The molecule has 1 aromatic rings. The fourth-order valence-corrected chi connectivity index (χ4v) is 2.99. The standard InChI is InChI=1S/C18H26ClN3O2/c1-13(18(24)21-15-6-4-3-5-7-15)22(2)12-17(23)20-16-10-8-14(19)9-11-16/h8-11,13,15H,3-7,12H2,1-2H3,(H,20,23)(H,21,24). The van der Waals surface area contributed by atoms with Crippen molar-refractivity contribution in [2.75, 3.05) is 18.9 Å². The van der Waals surface area contributed by atoms with E-state index < -0.39 is 0 Å². The Kier molecular flexibility index (Phi) is 7.06. The lowest BCUT2D eigenvalue weighted by Gasteiger charge is -2.28. The van der Waals surface area contributed by atoms with Crippen LogP contribution in [0.2, 0.25) is 5.02 Å². The first-order valence-corrected chi connectivity index (χ1v) is 8.89. The molecule has 0 aromatic heterocycles. The zero-order valence-electron chi connectivity index (χ0n) is 14.3. The molecule has 0 aliphatic heterocycles. The highest BCUT2D eigenvalue weighted by atomic mass is 35.5. The van der Waals surface area contributed by atoms with Crippen molar-refractivity contribution in [1.82, 2.24) is 10.2 Å². The van der Waals surface area contributed by atoms with E-state index in [1.165, 1.54) is 19.3 Å². The summed E-state index contributed by atoms with van der Waals surface area (Å²) >= 11 is 5.82. The van der Waals surface area contributed by atoms with Crippen molar-refractivity contribution < 1.29 is 9.59 Å². The molecule has 0 spiro atoms. The third-order valence-corrected chi connectivity index (χ3v) is 4.77. The number of carbonyl (C=O) groups is 2. The van der Waals surface area contributed by atoms with Crippen molar-refractivity contribution in [1.29, 1.82) is 0 Å². The summed E-state index contributed by atoms with van der Waals surface area (Å²) in [5.74, 6) is -0.166. The van der Waals surface area contributed by atoms with Crippen molar-refractivity contribution in [2.24, 2.45) is 0 Å². The predicted octanol–water partition coefficient (Wildman–Crippen LogP) is 3.05. The Hall–Kier alpha value is -1.59. The van der Waals surface area contributed by atoms with E-state index in [9.17, 15) is 9.59 Å². The second-order valence-electron chi connectivity index (χ2n) is 6.49. The van der Waals surface area contributed by atoms with E-state index >= 15 is 0 Å². The minimum atomic E-state index is -0.345. The number of hydrogen-bond donors (Lipinski definition) is 2. The summed E-state index contributed by atoms with van der Waals surface area (Å²) in [7, 11) is 1.78. The number of likely N-dealkylation sites (N-methyl/N-ethyl adjacent to an activating group) is 1. The maximum absolute atomic E-state index is 12.3.